The van der Waals surface area contributed by atoms with E-state index in [0.29, 0.717) is 23.3 Å². The number of aromatic nitrogens is 3. The van der Waals surface area contributed by atoms with Gasteiger partial charge in [0.15, 0.2) is 5.69 Å². The van der Waals surface area contributed by atoms with Crippen LogP contribution in [0.15, 0.2) is 15.1 Å². The third kappa shape index (κ3) is 1.63. The van der Waals surface area contributed by atoms with Crippen molar-refractivity contribution in [1.29, 1.82) is 0 Å². The molecule has 0 radical (unpaired) electrons. The van der Waals surface area contributed by atoms with E-state index in [4.69, 9.17) is 20.6 Å². The Kier molecular flexibility index (Phi) is 1.98. The molecule has 0 amide bonds. The molecule has 5 nitrogen and oxygen atoms in total. The lowest BCUT2D eigenvalue weighted by atomic mass is 10.3. The van der Waals surface area contributed by atoms with Crippen molar-refractivity contribution in [3.05, 3.63) is 17.7 Å². The monoisotopic (exact) mass is 225 g/mol. The number of alkyl halides is 1. The van der Waals surface area contributed by atoms with Gasteiger partial charge in [0.25, 0.3) is 0 Å². The number of rotatable bonds is 3. The van der Waals surface area contributed by atoms with Crippen molar-refractivity contribution < 1.29 is 9.05 Å². The van der Waals surface area contributed by atoms with E-state index in [1.54, 1.807) is 0 Å². The van der Waals surface area contributed by atoms with Crippen molar-refractivity contribution in [2.45, 2.75) is 24.6 Å². The largest absolute Gasteiger partial charge is 0.360 e. The zero-order valence-electron chi connectivity index (χ0n) is 7.81. The van der Waals surface area contributed by atoms with Gasteiger partial charge in [-0.25, -0.2) is 0 Å². The summed E-state index contributed by atoms with van der Waals surface area (Å²) >= 11 is 5.55. The molecular weight excluding hydrogens is 218 g/mol. The van der Waals surface area contributed by atoms with Gasteiger partial charge in [-0.15, -0.1) is 11.6 Å². The molecule has 0 atom stereocenters. The Morgan fingerprint density at radius 3 is 2.87 bits per heavy atom. The lowest BCUT2D eigenvalue weighted by molar-refractivity contribution is 0.381. The van der Waals surface area contributed by atoms with E-state index in [2.05, 4.69) is 15.3 Å². The molecule has 0 bridgehead atoms. The Morgan fingerprint density at radius 2 is 2.20 bits per heavy atom. The minimum Gasteiger partial charge on any atom is -0.360 e. The molecule has 1 fully saturated rings. The van der Waals surface area contributed by atoms with E-state index in [1.807, 2.05) is 6.07 Å². The standard InChI is InChI=1S/C9H8ClN3O2/c10-4-8-11-9(13-15-8)6-3-7(14-12-6)5-1-2-5/h3,5H,1-2,4H2. The van der Waals surface area contributed by atoms with Crippen LogP contribution in [0, 0.1) is 0 Å². The highest BCUT2D eigenvalue weighted by Gasteiger charge is 2.28. The van der Waals surface area contributed by atoms with Crippen molar-refractivity contribution in [1.82, 2.24) is 15.3 Å². The van der Waals surface area contributed by atoms with E-state index in [-0.39, 0.29) is 5.88 Å². The fourth-order valence-corrected chi connectivity index (χ4v) is 1.48. The van der Waals surface area contributed by atoms with E-state index in [9.17, 15) is 0 Å². The minimum atomic E-state index is 0.209. The minimum absolute atomic E-state index is 0.209. The summed E-state index contributed by atoms with van der Waals surface area (Å²) in [6.45, 7) is 0. The van der Waals surface area contributed by atoms with Crippen molar-refractivity contribution >= 4 is 11.6 Å². The molecule has 1 saturated carbocycles. The molecule has 3 rings (SSSR count). The molecule has 6 heteroatoms. The second-order valence-electron chi connectivity index (χ2n) is 3.53. The quantitative estimate of drug-likeness (QED) is 0.750. The summed E-state index contributed by atoms with van der Waals surface area (Å²) in [6.07, 6.45) is 2.35. The average molecular weight is 226 g/mol. The summed E-state index contributed by atoms with van der Waals surface area (Å²) in [4.78, 5) is 4.06. The second-order valence-corrected chi connectivity index (χ2v) is 3.80. The maximum Gasteiger partial charge on any atom is 0.241 e. The third-order valence-corrected chi connectivity index (χ3v) is 2.55. The first-order valence-electron chi connectivity index (χ1n) is 4.72. The zero-order chi connectivity index (χ0) is 10.3. The summed E-state index contributed by atoms with van der Waals surface area (Å²) < 4.78 is 10.1. The highest BCUT2D eigenvalue weighted by Crippen LogP contribution is 2.40. The Bertz CT molecular complexity index is 475. The summed E-state index contributed by atoms with van der Waals surface area (Å²) in [7, 11) is 0. The molecule has 0 N–H and O–H groups in total. The Morgan fingerprint density at radius 1 is 1.33 bits per heavy atom. The second kappa shape index (κ2) is 3.34. The maximum atomic E-state index is 5.55. The van der Waals surface area contributed by atoms with Crippen molar-refractivity contribution in [2.75, 3.05) is 0 Å². The van der Waals surface area contributed by atoms with Crippen molar-refractivity contribution in [2.24, 2.45) is 0 Å². The van der Waals surface area contributed by atoms with Crippen LogP contribution < -0.4 is 0 Å². The van der Waals surface area contributed by atoms with Gasteiger partial charge in [-0.2, -0.15) is 4.98 Å². The smallest absolute Gasteiger partial charge is 0.241 e. The highest BCUT2D eigenvalue weighted by molar-refractivity contribution is 6.16. The van der Waals surface area contributed by atoms with Gasteiger partial charge in [-0.3, -0.25) is 0 Å². The molecule has 1 aliphatic rings. The molecule has 0 saturated heterocycles. The van der Waals surface area contributed by atoms with Crippen LogP contribution in [0.4, 0.5) is 0 Å². The fourth-order valence-electron chi connectivity index (χ4n) is 1.37. The van der Waals surface area contributed by atoms with Crippen molar-refractivity contribution in [3.63, 3.8) is 0 Å². The van der Waals surface area contributed by atoms with Gasteiger partial charge in [0.1, 0.15) is 11.6 Å². The van der Waals surface area contributed by atoms with Crippen LogP contribution in [-0.2, 0) is 5.88 Å². The molecule has 2 heterocycles. The van der Waals surface area contributed by atoms with Crippen LogP contribution in [0.3, 0.4) is 0 Å². The Labute approximate surface area is 90.4 Å². The first-order valence-corrected chi connectivity index (χ1v) is 5.26. The molecule has 0 aliphatic heterocycles. The molecule has 0 aromatic carbocycles. The van der Waals surface area contributed by atoms with Crippen LogP contribution in [0.1, 0.15) is 30.4 Å². The molecule has 0 unspecified atom stereocenters. The first kappa shape index (κ1) is 8.91. The molecule has 0 spiro atoms. The summed E-state index contributed by atoms with van der Waals surface area (Å²) in [6, 6.07) is 1.86. The van der Waals surface area contributed by atoms with E-state index in [1.165, 1.54) is 12.8 Å². The normalized spacial score (nSPS) is 15.8. The van der Waals surface area contributed by atoms with Crippen LogP contribution >= 0.6 is 11.6 Å². The Balaban J connectivity index is 1.90. The molecule has 1 aliphatic carbocycles. The Hall–Kier alpha value is -1.36. The van der Waals surface area contributed by atoms with Gasteiger partial charge in [0.05, 0.1) is 0 Å². The SMILES string of the molecule is ClCc1nc(-c2cc(C3CC3)on2)no1. The molecule has 2 aromatic rings. The molecular formula is C9H8ClN3O2. The van der Waals surface area contributed by atoms with E-state index < -0.39 is 0 Å². The van der Waals surface area contributed by atoms with Crippen molar-refractivity contribution in [3.8, 4) is 11.5 Å². The highest BCUT2D eigenvalue weighted by atomic mass is 35.5. The maximum absolute atomic E-state index is 5.55. The van der Waals surface area contributed by atoms with Gasteiger partial charge in [0.2, 0.25) is 11.7 Å². The summed E-state index contributed by atoms with van der Waals surface area (Å²) in [5, 5.41) is 7.65. The third-order valence-electron chi connectivity index (χ3n) is 2.32. The first-order chi connectivity index (χ1) is 7.36. The molecule has 15 heavy (non-hydrogen) atoms. The zero-order valence-corrected chi connectivity index (χ0v) is 8.57. The average Bonchev–Trinajstić information content (AvgIpc) is 2.84. The van der Waals surface area contributed by atoms with Crippen LogP contribution in [0.5, 0.6) is 0 Å². The summed E-state index contributed by atoms with van der Waals surface area (Å²) in [5.74, 6) is 2.47. The number of hydrogen-bond donors (Lipinski definition) is 0. The number of nitrogens with zero attached hydrogens (tertiary/aromatic N) is 3. The number of hydrogen-bond acceptors (Lipinski definition) is 5. The van der Waals surface area contributed by atoms with Gasteiger partial charge >= 0.3 is 0 Å². The lowest BCUT2D eigenvalue weighted by Crippen LogP contribution is -1.80. The fraction of sp³-hybridized carbons (Fsp3) is 0.444. The van der Waals surface area contributed by atoms with Gasteiger partial charge in [-0.05, 0) is 12.8 Å². The van der Waals surface area contributed by atoms with Crippen LogP contribution in [0.2, 0.25) is 0 Å². The predicted molar refractivity (Wildman–Crippen MR) is 51.3 cm³/mol. The van der Waals surface area contributed by atoms with E-state index >= 15 is 0 Å². The summed E-state index contributed by atoms with van der Waals surface area (Å²) in [5.41, 5.74) is 0.608. The van der Waals surface area contributed by atoms with Crippen LogP contribution in [0.25, 0.3) is 11.5 Å². The molecule has 2 aromatic heterocycles. The van der Waals surface area contributed by atoms with Gasteiger partial charge in [0, 0.05) is 12.0 Å². The lowest BCUT2D eigenvalue weighted by Gasteiger charge is -1.81. The van der Waals surface area contributed by atoms with E-state index in [0.717, 1.165) is 5.76 Å². The molecule has 78 valence electrons. The topological polar surface area (TPSA) is 65.0 Å². The van der Waals surface area contributed by atoms with Gasteiger partial charge in [-0.1, -0.05) is 10.3 Å². The van der Waals surface area contributed by atoms with Gasteiger partial charge < -0.3 is 9.05 Å². The van der Waals surface area contributed by atoms with Crippen LogP contribution in [-0.4, -0.2) is 15.3 Å². The predicted octanol–water partition coefficient (Wildman–Crippen LogP) is 2.34. The number of halogens is 1.